The molecule has 1 fully saturated rings. The van der Waals surface area contributed by atoms with Gasteiger partial charge < -0.3 is 10.2 Å². The van der Waals surface area contributed by atoms with Crippen molar-refractivity contribution < 1.29 is 19.8 Å². The van der Waals surface area contributed by atoms with Crippen LogP contribution in [-0.2, 0) is 9.59 Å². The normalized spacial score (nSPS) is 27.6. The van der Waals surface area contributed by atoms with Crippen molar-refractivity contribution >= 4 is 11.9 Å². The molecule has 4 nitrogen and oxygen atoms in total. The van der Waals surface area contributed by atoms with Gasteiger partial charge in [0, 0.05) is 0 Å². The second kappa shape index (κ2) is 9.43. The van der Waals surface area contributed by atoms with Gasteiger partial charge in [-0.3, -0.25) is 9.59 Å². The number of carboxylic acid groups (broad SMARTS) is 2. The van der Waals surface area contributed by atoms with E-state index in [-0.39, 0.29) is 11.8 Å². The van der Waals surface area contributed by atoms with Gasteiger partial charge >= 0.3 is 11.9 Å². The molecule has 1 aliphatic carbocycles. The van der Waals surface area contributed by atoms with E-state index in [0.717, 1.165) is 31.6 Å². The van der Waals surface area contributed by atoms with Gasteiger partial charge in [-0.2, -0.15) is 0 Å². The van der Waals surface area contributed by atoms with Gasteiger partial charge in [0.25, 0.3) is 0 Å². The molecule has 0 aliphatic heterocycles. The molecule has 1 saturated carbocycles. The van der Waals surface area contributed by atoms with E-state index in [1.807, 2.05) is 13.8 Å². The van der Waals surface area contributed by atoms with E-state index in [0.29, 0.717) is 19.3 Å². The SMILES string of the molecule is CC(C)CCCCCCC1C(C(=O)O)CCCC1(C(=O)O)C(C)C. The molecule has 0 aromatic heterocycles. The van der Waals surface area contributed by atoms with Crippen LogP contribution in [0.3, 0.4) is 0 Å². The first-order valence-corrected chi connectivity index (χ1v) is 9.69. The lowest BCUT2D eigenvalue weighted by molar-refractivity contribution is -0.168. The number of hydrogen-bond donors (Lipinski definition) is 2. The fourth-order valence-corrected chi connectivity index (χ4v) is 4.61. The van der Waals surface area contributed by atoms with E-state index in [1.165, 1.54) is 12.8 Å². The van der Waals surface area contributed by atoms with E-state index in [4.69, 9.17) is 0 Å². The highest BCUT2D eigenvalue weighted by Gasteiger charge is 2.54. The molecule has 0 amide bonds. The molecule has 0 saturated heterocycles. The summed E-state index contributed by atoms with van der Waals surface area (Å²) in [6.45, 7) is 8.33. The lowest BCUT2D eigenvalue weighted by Crippen LogP contribution is -2.50. The van der Waals surface area contributed by atoms with Gasteiger partial charge in [0.1, 0.15) is 0 Å². The zero-order valence-corrected chi connectivity index (χ0v) is 15.9. The van der Waals surface area contributed by atoms with E-state index >= 15 is 0 Å². The fraction of sp³-hybridized carbons (Fsp3) is 0.900. The van der Waals surface area contributed by atoms with Crippen LogP contribution in [-0.4, -0.2) is 22.2 Å². The smallest absolute Gasteiger partial charge is 0.310 e. The molecular weight excluding hydrogens is 304 g/mol. The van der Waals surface area contributed by atoms with Gasteiger partial charge in [-0.25, -0.2) is 0 Å². The molecule has 24 heavy (non-hydrogen) atoms. The number of carboxylic acids is 2. The first-order chi connectivity index (χ1) is 11.2. The van der Waals surface area contributed by atoms with Crippen molar-refractivity contribution in [1.82, 2.24) is 0 Å². The minimum absolute atomic E-state index is 0.0388. The molecule has 0 heterocycles. The minimum Gasteiger partial charge on any atom is -0.481 e. The summed E-state index contributed by atoms with van der Waals surface area (Å²) in [6.07, 6.45) is 8.26. The van der Waals surface area contributed by atoms with Crippen LogP contribution in [0.15, 0.2) is 0 Å². The maximum absolute atomic E-state index is 12.1. The lowest BCUT2D eigenvalue weighted by atomic mass is 9.55. The molecule has 0 spiro atoms. The van der Waals surface area contributed by atoms with Gasteiger partial charge in [0.05, 0.1) is 11.3 Å². The Morgan fingerprint density at radius 2 is 1.67 bits per heavy atom. The van der Waals surface area contributed by atoms with Crippen LogP contribution in [0.2, 0.25) is 0 Å². The molecule has 0 aromatic carbocycles. The van der Waals surface area contributed by atoms with Crippen molar-refractivity contribution in [3.8, 4) is 0 Å². The summed E-state index contributed by atoms with van der Waals surface area (Å²) in [6, 6.07) is 0. The second-order valence-corrected chi connectivity index (χ2v) is 8.33. The predicted molar refractivity (Wildman–Crippen MR) is 95.9 cm³/mol. The molecule has 0 radical (unpaired) electrons. The summed E-state index contributed by atoms with van der Waals surface area (Å²) in [5.74, 6) is -1.68. The average molecular weight is 341 g/mol. The molecule has 1 rings (SSSR count). The fourth-order valence-electron chi connectivity index (χ4n) is 4.61. The summed E-state index contributed by atoms with van der Waals surface area (Å²) in [5, 5.41) is 19.6. The van der Waals surface area contributed by atoms with E-state index < -0.39 is 23.3 Å². The van der Waals surface area contributed by atoms with Crippen molar-refractivity contribution in [3.63, 3.8) is 0 Å². The Morgan fingerprint density at radius 3 is 2.17 bits per heavy atom. The van der Waals surface area contributed by atoms with Crippen molar-refractivity contribution in [1.29, 1.82) is 0 Å². The minimum atomic E-state index is -0.876. The van der Waals surface area contributed by atoms with Crippen LogP contribution in [0.1, 0.15) is 85.5 Å². The van der Waals surface area contributed by atoms with E-state index in [1.54, 1.807) is 0 Å². The maximum atomic E-state index is 12.1. The molecule has 2 N–H and O–H groups in total. The predicted octanol–water partition coefficient (Wildman–Crippen LogP) is 5.21. The van der Waals surface area contributed by atoms with Gasteiger partial charge in [-0.05, 0) is 37.0 Å². The largest absolute Gasteiger partial charge is 0.481 e. The number of unbranched alkanes of at least 4 members (excludes halogenated alkanes) is 3. The molecule has 0 bridgehead atoms. The monoisotopic (exact) mass is 340 g/mol. The standard InChI is InChI=1S/C20H36O4/c1-14(2)10-7-5-6-8-12-17-16(18(21)22)11-9-13-20(17,15(3)4)19(23)24/h14-17H,5-13H2,1-4H3,(H,21,22)(H,23,24). The molecule has 1 aliphatic rings. The molecule has 4 heteroatoms. The summed E-state index contributed by atoms with van der Waals surface area (Å²) >= 11 is 0. The topological polar surface area (TPSA) is 74.6 Å². The van der Waals surface area contributed by atoms with Crippen molar-refractivity contribution in [2.45, 2.75) is 85.5 Å². The highest BCUT2D eigenvalue weighted by atomic mass is 16.4. The van der Waals surface area contributed by atoms with Crippen LogP contribution in [0, 0.1) is 29.1 Å². The Kier molecular flexibility index (Phi) is 8.24. The van der Waals surface area contributed by atoms with Crippen molar-refractivity contribution in [2.75, 3.05) is 0 Å². The van der Waals surface area contributed by atoms with Gasteiger partial charge in [0.15, 0.2) is 0 Å². The maximum Gasteiger partial charge on any atom is 0.310 e. The summed E-state index contributed by atoms with van der Waals surface area (Å²) < 4.78 is 0. The first kappa shape index (κ1) is 21.0. The second-order valence-electron chi connectivity index (χ2n) is 8.33. The highest BCUT2D eigenvalue weighted by Crippen LogP contribution is 2.51. The van der Waals surface area contributed by atoms with Crippen LogP contribution < -0.4 is 0 Å². The third-order valence-corrected chi connectivity index (χ3v) is 6.05. The summed E-state index contributed by atoms with van der Waals surface area (Å²) in [7, 11) is 0. The van der Waals surface area contributed by atoms with Crippen LogP contribution >= 0.6 is 0 Å². The molecular formula is C20H36O4. The van der Waals surface area contributed by atoms with Crippen LogP contribution in [0.5, 0.6) is 0 Å². The van der Waals surface area contributed by atoms with Gasteiger partial charge in [-0.1, -0.05) is 66.2 Å². The van der Waals surface area contributed by atoms with Gasteiger partial charge in [-0.15, -0.1) is 0 Å². The molecule has 3 atom stereocenters. The zero-order valence-electron chi connectivity index (χ0n) is 15.9. The quantitative estimate of drug-likeness (QED) is 0.535. The summed E-state index contributed by atoms with van der Waals surface area (Å²) in [5.41, 5.74) is -0.876. The Balaban J connectivity index is 2.76. The lowest BCUT2D eigenvalue weighted by Gasteiger charge is -2.47. The zero-order chi connectivity index (χ0) is 18.3. The van der Waals surface area contributed by atoms with Crippen molar-refractivity contribution in [3.05, 3.63) is 0 Å². The van der Waals surface area contributed by atoms with E-state index in [2.05, 4.69) is 13.8 Å². The number of rotatable bonds is 10. The highest BCUT2D eigenvalue weighted by molar-refractivity contribution is 5.78. The average Bonchev–Trinajstić information content (AvgIpc) is 2.49. The summed E-state index contributed by atoms with van der Waals surface area (Å²) in [4.78, 5) is 23.8. The Labute approximate surface area is 147 Å². The Bertz CT molecular complexity index is 416. The third-order valence-electron chi connectivity index (χ3n) is 6.05. The van der Waals surface area contributed by atoms with Crippen LogP contribution in [0.4, 0.5) is 0 Å². The van der Waals surface area contributed by atoms with Crippen LogP contribution in [0.25, 0.3) is 0 Å². The Morgan fingerprint density at radius 1 is 1.04 bits per heavy atom. The third kappa shape index (κ3) is 4.97. The number of hydrogen-bond acceptors (Lipinski definition) is 2. The van der Waals surface area contributed by atoms with E-state index in [9.17, 15) is 19.8 Å². The first-order valence-electron chi connectivity index (χ1n) is 9.69. The Hall–Kier alpha value is -1.06. The number of aliphatic carboxylic acids is 2. The number of carbonyl (C=O) groups is 2. The molecule has 140 valence electrons. The van der Waals surface area contributed by atoms with Gasteiger partial charge in [0.2, 0.25) is 0 Å². The molecule has 0 aromatic rings. The molecule has 3 unspecified atom stereocenters. The van der Waals surface area contributed by atoms with Crippen molar-refractivity contribution in [2.24, 2.45) is 29.1 Å².